The van der Waals surface area contributed by atoms with Crippen molar-refractivity contribution in [2.24, 2.45) is 13.0 Å². The number of amides is 1. The van der Waals surface area contributed by atoms with E-state index >= 15 is 0 Å². The van der Waals surface area contributed by atoms with E-state index in [1.54, 1.807) is 36.4 Å². The normalized spacial score (nSPS) is 17.7. The molecular weight excluding hydrogens is 346 g/mol. The molecule has 26 heavy (non-hydrogen) atoms. The van der Waals surface area contributed by atoms with Crippen LogP contribution in [0.1, 0.15) is 6.42 Å². The van der Waals surface area contributed by atoms with Gasteiger partial charge in [-0.05, 0) is 0 Å². The minimum absolute atomic E-state index is 0.318. The van der Waals surface area contributed by atoms with Gasteiger partial charge in [0.05, 0.1) is 30.0 Å². The van der Waals surface area contributed by atoms with Crippen LogP contribution in [0.25, 0.3) is 5.82 Å². The van der Waals surface area contributed by atoms with Crippen molar-refractivity contribution < 1.29 is 13.6 Å². The molecule has 1 aliphatic carbocycles. The molecule has 0 bridgehead atoms. The first-order valence-electron chi connectivity index (χ1n) is 7.73. The van der Waals surface area contributed by atoms with Crippen LogP contribution in [0, 0.1) is 5.92 Å². The predicted molar refractivity (Wildman–Crippen MR) is 87.3 cm³/mol. The minimum Gasteiger partial charge on any atom is -0.323 e. The van der Waals surface area contributed by atoms with E-state index in [9.17, 15) is 13.6 Å². The molecule has 134 valence electrons. The summed E-state index contributed by atoms with van der Waals surface area (Å²) >= 11 is 0. The van der Waals surface area contributed by atoms with Crippen LogP contribution in [-0.4, -0.2) is 41.4 Å². The molecule has 2 N–H and O–H groups in total. The molecule has 1 unspecified atom stereocenters. The van der Waals surface area contributed by atoms with Gasteiger partial charge in [-0.2, -0.15) is 15.2 Å². The summed E-state index contributed by atoms with van der Waals surface area (Å²) in [5, 5.41) is 13.6. The van der Waals surface area contributed by atoms with E-state index in [2.05, 4.69) is 30.8 Å². The van der Waals surface area contributed by atoms with Gasteiger partial charge in [0.1, 0.15) is 5.92 Å². The number of carbonyl (C=O) groups excluding carboxylic acids is 1. The van der Waals surface area contributed by atoms with Crippen LogP contribution in [0.2, 0.25) is 0 Å². The molecule has 0 saturated heterocycles. The highest BCUT2D eigenvalue weighted by Gasteiger charge is 2.61. The Balaban J connectivity index is 1.47. The number of aromatic nitrogens is 6. The second-order valence-electron chi connectivity index (χ2n) is 5.95. The number of nitrogens with zero attached hydrogens (tertiary/aromatic N) is 6. The number of hydrogen-bond acceptors (Lipinski definition) is 6. The van der Waals surface area contributed by atoms with Crippen LogP contribution in [0.15, 0.2) is 37.1 Å². The third kappa shape index (κ3) is 3.23. The number of halogens is 2. The summed E-state index contributed by atoms with van der Waals surface area (Å²) in [7, 11) is 1.79. The molecule has 0 aromatic carbocycles. The maximum Gasteiger partial charge on any atom is 0.260 e. The lowest BCUT2D eigenvalue weighted by Crippen LogP contribution is -2.17. The van der Waals surface area contributed by atoms with Crippen molar-refractivity contribution in [1.82, 2.24) is 29.5 Å². The summed E-state index contributed by atoms with van der Waals surface area (Å²) in [6.07, 6.45) is 7.40. The molecule has 1 atom stereocenters. The number of carbonyl (C=O) groups is 1. The zero-order valence-corrected chi connectivity index (χ0v) is 13.6. The van der Waals surface area contributed by atoms with Gasteiger partial charge in [0.2, 0.25) is 11.9 Å². The second kappa shape index (κ2) is 5.86. The van der Waals surface area contributed by atoms with E-state index in [1.807, 2.05) is 0 Å². The molecule has 1 amide bonds. The van der Waals surface area contributed by atoms with Crippen LogP contribution in [0.3, 0.4) is 0 Å². The maximum absolute atomic E-state index is 12.9. The number of alkyl halides is 2. The number of aryl methyl sites for hydroxylation is 1. The summed E-state index contributed by atoms with van der Waals surface area (Å²) in [6, 6.07) is 1.63. The number of hydrogen-bond donors (Lipinski definition) is 2. The smallest absolute Gasteiger partial charge is 0.260 e. The van der Waals surface area contributed by atoms with Gasteiger partial charge >= 0.3 is 0 Å². The average molecular weight is 360 g/mol. The summed E-state index contributed by atoms with van der Waals surface area (Å²) in [5.41, 5.74) is 1.04. The molecule has 3 heterocycles. The molecule has 0 aliphatic heterocycles. The third-order valence-electron chi connectivity index (χ3n) is 3.83. The highest BCUT2D eigenvalue weighted by atomic mass is 19.3. The van der Waals surface area contributed by atoms with Crippen LogP contribution in [0.4, 0.5) is 26.1 Å². The first-order valence-corrected chi connectivity index (χ1v) is 7.73. The quantitative estimate of drug-likeness (QED) is 0.718. The number of anilines is 3. The SMILES string of the molecule is Cn1cc(Nc2nccc(-n3cc(NC(=O)C4CC4(F)F)cn3)n2)cn1. The molecule has 1 fully saturated rings. The fourth-order valence-corrected chi connectivity index (χ4v) is 2.39. The molecule has 0 radical (unpaired) electrons. The Kier molecular flexibility index (Phi) is 3.63. The Morgan fingerprint density at radius 2 is 2.04 bits per heavy atom. The molecule has 4 rings (SSSR count). The Hall–Kier alpha value is -3.37. The van der Waals surface area contributed by atoms with Gasteiger partial charge in [-0.1, -0.05) is 0 Å². The molecular formula is C15H14F2N8O. The Bertz CT molecular complexity index is 966. The largest absolute Gasteiger partial charge is 0.323 e. The topological polar surface area (TPSA) is 103 Å². The fraction of sp³-hybridized carbons (Fsp3) is 0.267. The lowest BCUT2D eigenvalue weighted by molar-refractivity contribution is -0.119. The predicted octanol–water partition coefficient (Wildman–Crippen LogP) is 1.73. The lowest BCUT2D eigenvalue weighted by atomic mass is 10.3. The van der Waals surface area contributed by atoms with E-state index in [0.29, 0.717) is 17.5 Å². The lowest BCUT2D eigenvalue weighted by Gasteiger charge is -2.04. The van der Waals surface area contributed by atoms with Crippen molar-refractivity contribution >= 4 is 23.2 Å². The summed E-state index contributed by atoms with van der Waals surface area (Å²) in [5.74, 6) is -4.09. The standard InChI is InChI=1S/C15H14F2N8O/c1-24-7-9(5-19-24)22-14-18-3-2-12(23-14)25-8-10(6-20-25)21-13(26)11-4-15(11,16)17/h2-3,5-8,11H,4H2,1H3,(H,21,26)(H,18,22,23). The van der Waals surface area contributed by atoms with Crippen LogP contribution in [0.5, 0.6) is 0 Å². The van der Waals surface area contributed by atoms with Crippen LogP contribution < -0.4 is 10.6 Å². The zero-order valence-electron chi connectivity index (χ0n) is 13.6. The van der Waals surface area contributed by atoms with Gasteiger partial charge in [-0.25, -0.2) is 18.4 Å². The second-order valence-corrected chi connectivity index (χ2v) is 5.95. The van der Waals surface area contributed by atoms with Gasteiger partial charge in [-0.15, -0.1) is 0 Å². The van der Waals surface area contributed by atoms with Crippen molar-refractivity contribution in [3.63, 3.8) is 0 Å². The summed E-state index contributed by atoms with van der Waals surface area (Å²) < 4.78 is 28.9. The van der Waals surface area contributed by atoms with E-state index in [-0.39, 0.29) is 0 Å². The van der Waals surface area contributed by atoms with Gasteiger partial charge in [0, 0.05) is 31.9 Å². The Morgan fingerprint density at radius 1 is 1.27 bits per heavy atom. The first-order chi connectivity index (χ1) is 12.4. The fourth-order valence-electron chi connectivity index (χ4n) is 2.39. The highest BCUT2D eigenvalue weighted by molar-refractivity contribution is 5.95. The zero-order chi connectivity index (χ0) is 18.3. The van der Waals surface area contributed by atoms with Crippen LogP contribution >= 0.6 is 0 Å². The van der Waals surface area contributed by atoms with E-state index in [0.717, 1.165) is 5.69 Å². The van der Waals surface area contributed by atoms with Crippen molar-refractivity contribution in [1.29, 1.82) is 0 Å². The van der Waals surface area contributed by atoms with E-state index < -0.39 is 24.2 Å². The van der Waals surface area contributed by atoms with E-state index in [1.165, 1.54) is 17.1 Å². The number of nitrogens with one attached hydrogen (secondary N) is 2. The minimum atomic E-state index is -2.90. The molecule has 3 aromatic heterocycles. The Labute approximate surface area is 146 Å². The molecule has 11 heteroatoms. The van der Waals surface area contributed by atoms with Gasteiger partial charge < -0.3 is 10.6 Å². The molecule has 1 aliphatic rings. The molecule has 3 aromatic rings. The molecule has 1 saturated carbocycles. The van der Waals surface area contributed by atoms with Gasteiger partial charge in [0.15, 0.2) is 5.82 Å². The van der Waals surface area contributed by atoms with Crippen LogP contribution in [-0.2, 0) is 11.8 Å². The molecule has 9 nitrogen and oxygen atoms in total. The average Bonchev–Trinajstić information content (AvgIpc) is 2.93. The van der Waals surface area contributed by atoms with Gasteiger partial charge in [0.25, 0.3) is 5.92 Å². The first kappa shape index (κ1) is 16.1. The van der Waals surface area contributed by atoms with Gasteiger partial charge in [-0.3, -0.25) is 9.48 Å². The van der Waals surface area contributed by atoms with Crippen molar-refractivity contribution in [3.8, 4) is 5.82 Å². The summed E-state index contributed by atoms with van der Waals surface area (Å²) in [6.45, 7) is 0. The third-order valence-corrected chi connectivity index (χ3v) is 3.83. The van der Waals surface area contributed by atoms with E-state index in [4.69, 9.17) is 0 Å². The van der Waals surface area contributed by atoms with Crippen molar-refractivity contribution in [3.05, 3.63) is 37.1 Å². The summed E-state index contributed by atoms with van der Waals surface area (Å²) in [4.78, 5) is 20.2. The molecule has 0 spiro atoms. The van der Waals surface area contributed by atoms with Crippen molar-refractivity contribution in [2.45, 2.75) is 12.3 Å². The Morgan fingerprint density at radius 3 is 2.73 bits per heavy atom. The van der Waals surface area contributed by atoms with Crippen molar-refractivity contribution in [2.75, 3.05) is 10.6 Å². The number of rotatable bonds is 5. The highest BCUT2D eigenvalue weighted by Crippen LogP contribution is 2.49. The maximum atomic E-state index is 12.9. The monoisotopic (exact) mass is 360 g/mol.